The number of fused-ring (bicyclic) bond motifs is 8. The number of hydrogen-bond donors (Lipinski definition) is 5. The third kappa shape index (κ3) is 5.47. The Balaban J connectivity index is 1.40. The molecule has 0 radical (unpaired) electrons. The zero-order valence-electron chi connectivity index (χ0n) is 32.8. The Morgan fingerprint density at radius 3 is 2.20 bits per heavy atom. The van der Waals surface area contributed by atoms with Crippen LogP contribution in [0.15, 0.2) is 12.1 Å². The molecule has 3 heterocycles. The first-order valence-electron chi connectivity index (χ1n) is 18.2. The van der Waals surface area contributed by atoms with Gasteiger partial charge in [-0.25, -0.2) is 0 Å². The van der Waals surface area contributed by atoms with E-state index >= 15 is 0 Å². The number of benzene rings is 2. The second kappa shape index (κ2) is 13.7. The van der Waals surface area contributed by atoms with Crippen LogP contribution >= 0.6 is 0 Å². The van der Waals surface area contributed by atoms with Gasteiger partial charge in [0.05, 0.1) is 47.7 Å². The summed E-state index contributed by atoms with van der Waals surface area (Å²) >= 11 is 0. The summed E-state index contributed by atoms with van der Waals surface area (Å²) in [6, 6.07) is 1.50. The van der Waals surface area contributed by atoms with Crippen LogP contribution < -0.4 is 4.74 Å². The molecule has 2 aromatic rings. The van der Waals surface area contributed by atoms with E-state index in [9.17, 15) is 39.9 Å². The van der Waals surface area contributed by atoms with E-state index < -0.39 is 124 Å². The van der Waals surface area contributed by atoms with Crippen LogP contribution in [0.25, 0.3) is 0 Å². The van der Waals surface area contributed by atoms with Gasteiger partial charge >= 0.3 is 5.97 Å². The van der Waals surface area contributed by atoms with Crippen LogP contribution in [0.4, 0.5) is 0 Å². The van der Waals surface area contributed by atoms with E-state index in [4.69, 9.17) is 37.9 Å². The molecule has 0 saturated carbocycles. The summed E-state index contributed by atoms with van der Waals surface area (Å²) in [5, 5.41) is 58.3. The maximum Gasteiger partial charge on any atom is 0.316 e. The van der Waals surface area contributed by atoms with Gasteiger partial charge in [-0.1, -0.05) is 0 Å². The van der Waals surface area contributed by atoms with E-state index in [1.54, 1.807) is 32.8 Å². The van der Waals surface area contributed by atoms with Crippen LogP contribution in [0.1, 0.15) is 94.7 Å². The molecule has 2 aliphatic carbocycles. The van der Waals surface area contributed by atoms with Gasteiger partial charge in [0.15, 0.2) is 12.1 Å². The van der Waals surface area contributed by atoms with E-state index in [-0.39, 0.29) is 34.4 Å². The molecular formula is C39H49NO16. The second-order valence-corrected chi connectivity index (χ2v) is 16.0. The van der Waals surface area contributed by atoms with Gasteiger partial charge in [-0.3, -0.25) is 14.4 Å². The summed E-state index contributed by atoms with van der Waals surface area (Å²) < 4.78 is 47.4. The van der Waals surface area contributed by atoms with Gasteiger partial charge in [0.1, 0.15) is 58.8 Å². The number of phenolic OH excluding ortho intramolecular Hbond substituents is 2. The van der Waals surface area contributed by atoms with Crippen LogP contribution in [0.5, 0.6) is 17.2 Å². The van der Waals surface area contributed by atoms with Crippen molar-refractivity contribution in [3.05, 3.63) is 51.1 Å². The number of nitrogens with zero attached hydrogens (tertiary/aromatic N) is 1. The predicted molar refractivity (Wildman–Crippen MR) is 191 cm³/mol. The quantitative estimate of drug-likeness (QED) is 0.212. The van der Waals surface area contributed by atoms with Crippen molar-refractivity contribution in [2.75, 3.05) is 42.5 Å². The average Bonchev–Trinajstić information content (AvgIpc) is 3.12. The number of aromatic hydroxyl groups is 2. The number of ether oxygens (including phenoxy) is 8. The van der Waals surface area contributed by atoms with E-state index in [1.165, 1.54) is 41.2 Å². The number of aliphatic hydroxyl groups excluding tert-OH is 2. The molecule has 13 atom stereocenters. The van der Waals surface area contributed by atoms with Crippen molar-refractivity contribution in [1.82, 2.24) is 4.90 Å². The minimum absolute atomic E-state index is 0.0417. The molecule has 56 heavy (non-hydrogen) atoms. The molecule has 5 N–H and O–H groups in total. The molecule has 17 nitrogen and oxygen atoms in total. The highest BCUT2D eigenvalue weighted by atomic mass is 16.7. The number of rotatable bonds is 7. The fraction of sp³-hybridized carbons (Fsp3) is 0.615. The van der Waals surface area contributed by atoms with E-state index in [1.807, 2.05) is 0 Å². The van der Waals surface area contributed by atoms with Crippen molar-refractivity contribution in [3.8, 4) is 17.2 Å². The Hall–Kier alpha value is -3.75. The maximum atomic E-state index is 14.8. The number of ketones is 2. The normalized spacial score (nSPS) is 38.6. The first kappa shape index (κ1) is 40.4. The largest absolute Gasteiger partial charge is 0.507 e. The van der Waals surface area contributed by atoms with Gasteiger partial charge in [-0.15, -0.1) is 0 Å². The fourth-order valence-corrected chi connectivity index (χ4v) is 9.68. The lowest BCUT2D eigenvalue weighted by Gasteiger charge is -2.53. The molecule has 306 valence electrons. The molecule has 0 spiro atoms. The van der Waals surface area contributed by atoms with Crippen molar-refractivity contribution in [2.45, 2.75) is 112 Å². The molecule has 2 aromatic carbocycles. The zero-order chi connectivity index (χ0) is 41.1. The smallest absolute Gasteiger partial charge is 0.316 e. The molecule has 0 amide bonds. The number of carbonyl (C=O) groups excluding carboxylic acids is 3. The second-order valence-electron chi connectivity index (χ2n) is 16.0. The molecule has 0 unspecified atom stereocenters. The van der Waals surface area contributed by atoms with E-state index in [2.05, 4.69) is 0 Å². The molecule has 3 aliphatic heterocycles. The van der Waals surface area contributed by atoms with Crippen LogP contribution in [0.3, 0.4) is 0 Å². The van der Waals surface area contributed by atoms with Crippen LogP contribution in [-0.4, -0.2) is 151 Å². The predicted octanol–water partition coefficient (Wildman–Crippen LogP) is 1.14. The van der Waals surface area contributed by atoms with E-state index in [0.29, 0.717) is 0 Å². The summed E-state index contributed by atoms with van der Waals surface area (Å²) in [5.41, 5.74) is -6.55. The number of methoxy groups -OCH3 is 4. The number of hydrogen-bond acceptors (Lipinski definition) is 17. The van der Waals surface area contributed by atoms with Crippen molar-refractivity contribution < 1.29 is 77.8 Å². The molecule has 0 aromatic heterocycles. The first-order valence-corrected chi connectivity index (χ1v) is 18.2. The summed E-state index contributed by atoms with van der Waals surface area (Å²) in [7, 11) is 8.84. The van der Waals surface area contributed by atoms with Crippen LogP contribution in [-0.2, 0) is 43.6 Å². The summed E-state index contributed by atoms with van der Waals surface area (Å²) in [5.74, 6) is -5.85. The Kier molecular flexibility index (Phi) is 9.88. The highest BCUT2D eigenvalue weighted by molar-refractivity contribution is 6.31. The third-order valence-corrected chi connectivity index (χ3v) is 12.5. The molecule has 2 saturated heterocycles. The van der Waals surface area contributed by atoms with E-state index in [0.717, 1.165) is 13.2 Å². The van der Waals surface area contributed by atoms with Crippen molar-refractivity contribution in [3.63, 3.8) is 0 Å². The Morgan fingerprint density at radius 1 is 0.946 bits per heavy atom. The fourth-order valence-electron chi connectivity index (χ4n) is 9.68. The molecular weight excluding hydrogens is 738 g/mol. The first-order chi connectivity index (χ1) is 26.2. The molecule has 5 aliphatic rings. The zero-order valence-corrected chi connectivity index (χ0v) is 32.8. The minimum Gasteiger partial charge on any atom is -0.507 e. The molecule has 2 fully saturated rings. The summed E-state index contributed by atoms with van der Waals surface area (Å²) in [6.07, 6.45) is -9.16. The standard InChI is InChI=1S/C39H49NO16/c1-14-32(49-7)39(4,52-10)33(50-8)36(53-14)54-19-13-37(2,48)24(34(47)51-9)15-11-16-21(27(43)20(15)19)28(44)22-18(41)12-17-30(23(22)26(16)42)55-35-29(45)25(40(5)6)31(46)38(17,3)56-35/h11-12,14,19,24-25,29,31-33,35-36,41,43,45-46,48H,13H2,1-10H3/t14-,19+,24+,25-,29+,31-,32+,33-,35+,36+,37+,38-,39+/m1/s1. The monoisotopic (exact) mass is 787 g/mol. The number of aliphatic hydroxyl groups is 3. The lowest BCUT2D eigenvalue weighted by atomic mass is 9.68. The topological polar surface area (TPSA) is 229 Å². The van der Waals surface area contributed by atoms with Gasteiger partial charge in [-0.2, -0.15) is 0 Å². The molecule has 7 rings (SSSR count). The summed E-state index contributed by atoms with van der Waals surface area (Å²) in [4.78, 5) is 44.4. The van der Waals surface area contributed by atoms with Crippen molar-refractivity contribution in [1.29, 1.82) is 0 Å². The van der Waals surface area contributed by atoms with Gasteiger partial charge in [-0.05, 0) is 59.5 Å². The average molecular weight is 788 g/mol. The Morgan fingerprint density at radius 2 is 1.61 bits per heavy atom. The number of likely N-dealkylation sites (N-methyl/N-ethyl adjacent to an activating group) is 1. The highest BCUT2D eigenvalue weighted by Gasteiger charge is 2.60. The Bertz CT molecular complexity index is 1980. The molecule has 17 heteroatoms. The summed E-state index contributed by atoms with van der Waals surface area (Å²) in [6.45, 7) is 6.40. The number of esters is 1. The number of carbonyl (C=O) groups is 3. The van der Waals surface area contributed by atoms with Gasteiger partial charge < -0.3 is 68.3 Å². The Labute approximate surface area is 322 Å². The van der Waals surface area contributed by atoms with Crippen LogP contribution in [0.2, 0.25) is 0 Å². The SMILES string of the molecule is COC(=O)[C@@H]1c2cc3c(c(O)c2[C@@H](O[C@@H]2O[C@H](C)[C@H](OC)[C@](C)(OC)[C@@H]2OC)C[C@]1(C)O)C(=O)c1c(O)cc2c(c1C3=O)O[C@H]1O[C@@]2(C)[C@H](O)[C@H](N(C)C)[C@@H]1O. The maximum absolute atomic E-state index is 14.8. The highest BCUT2D eigenvalue weighted by Crippen LogP contribution is 2.56. The van der Waals surface area contributed by atoms with Gasteiger partial charge in [0, 0.05) is 44.4 Å². The number of phenols is 2. The lowest BCUT2D eigenvalue weighted by molar-refractivity contribution is -0.345. The minimum atomic E-state index is -1.91. The van der Waals surface area contributed by atoms with Crippen molar-refractivity contribution in [2.24, 2.45) is 0 Å². The van der Waals surface area contributed by atoms with Gasteiger partial charge in [0.25, 0.3) is 0 Å². The van der Waals surface area contributed by atoms with Crippen molar-refractivity contribution >= 4 is 17.5 Å². The molecule has 2 bridgehead atoms. The third-order valence-electron chi connectivity index (χ3n) is 12.5. The van der Waals surface area contributed by atoms with Crippen LogP contribution in [0, 0.1) is 0 Å². The lowest BCUT2D eigenvalue weighted by Crippen LogP contribution is -2.68. The van der Waals surface area contributed by atoms with Gasteiger partial charge in [0.2, 0.25) is 12.1 Å².